The van der Waals surface area contributed by atoms with Gasteiger partial charge in [0.1, 0.15) is 5.85 Å². The molecule has 2 aromatic rings. The van der Waals surface area contributed by atoms with E-state index in [9.17, 15) is 4.57 Å². The monoisotopic (exact) mass is 288 g/mol. The minimum absolute atomic E-state index is 0.266. The van der Waals surface area contributed by atoms with E-state index in [-0.39, 0.29) is 5.85 Å². The molecule has 0 bridgehead atoms. The van der Waals surface area contributed by atoms with E-state index in [4.69, 9.17) is 4.74 Å². The number of hydrogen-bond donors (Lipinski definition) is 0. The summed E-state index contributed by atoms with van der Waals surface area (Å²) in [5.41, 5.74) is 0. The minimum atomic E-state index is -2.77. The van der Waals surface area contributed by atoms with Crippen LogP contribution in [0.1, 0.15) is 19.8 Å². The summed E-state index contributed by atoms with van der Waals surface area (Å²) in [5.74, 6) is -0.266. The van der Waals surface area contributed by atoms with Crippen LogP contribution in [0.5, 0.6) is 0 Å². The smallest absolute Gasteiger partial charge is 0.170 e. The van der Waals surface area contributed by atoms with E-state index < -0.39 is 7.14 Å². The van der Waals surface area contributed by atoms with Crippen LogP contribution in [0.3, 0.4) is 0 Å². The van der Waals surface area contributed by atoms with Crippen molar-refractivity contribution in [3.63, 3.8) is 0 Å². The zero-order valence-electron chi connectivity index (χ0n) is 12.0. The molecule has 0 heterocycles. The van der Waals surface area contributed by atoms with Gasteiger partial charge in [0.2, 0.25) is 0 Å². The Labute approximate surface area is 121 Å². The third kappa shape index (κ3) is 2.87. The van der Waals surface area contributed by atoms with Crippen molar-refractivity contribution >= 4 is 17.8 Å². The second kappa shape index (κ2) is 6.88. The van der Waals surface area contributed by atoms with Crippen molar-refractivity contribution in [2.24, 2.45) is 0 Å². The Balaban J connectivity index is 2.57. The first-order chi connectivity index (χ1) is 9.73. The molecule has 0 saturated heterocycles. The SMILES string of the molecule is CCCC(OC)P(=O)(c1ccccc1)c1ccccc1. The van der Waals surface area contributed by atoms with E-state index in [1.54, 1.807) is 7.11 Å². The first-order valence-corrected chi connectivity index (χ1v) is 8.74. The van der Waals surface area contributed by atoms with Gasteiger partial charge in [-0.1, -0.05) is 74.0 Å². The molecule has 2 rings (SSSR count). The Morgan fingerprint density at radius 3 is 1.75 bits per heavy atom. The fourth-order valence-electron chi connectivity index (χ4n) is 2.48. The van der Waals surface area contributed by atoms with Crippen LogP contribution in [0, 0.1) is 0 Å². The topological polar surface area (TPSA) is 26.3 Å². The average Bonchev–Trinajstić information content (AvgIpc) is 2.53. The van der Waals surface area contributed by atoms with Crippen LogP contribution < -0.4 is 10.6 Å². The molecule has 0 aliphatic heterocycles. The van der Waals surface area contributed by atoms with Crippen molar-refractivity contribution in [2.75, 3.05) is 7.11 Å². The number of rotatable bonds is 6. The Morgan fingerprint density at radius 1 is 0.950 bits per heavy atom. The molecule has 0 fully saturated rings. The van der Waals surface area contributed by atoms with Crippen molar-refractivity contribution in [1.82, 2.24) is 0 Å². The average molecular weight is 288 g/mol. The number of ether oxygens (including phenoxy) is 1. The Bertz CT molecular complexity index is 523. The van der Waals surface area contributed by atoms with E-state index in [1.807, 2.05) is 60.7 Å². The third-order valence-electron chi connectivity index (χ3n) is 3.49. The summed E-state index contributed by atoms with van der Waals surface area (Å²) < 4.78 is 19.4. The van der Waals surface area contributed by atoms with Gasteiger partial charge in [0, 0.05) is 17.7 Å². The van der Waals surface area contributed by atoms with Crippen LogP contribution in [-0.2, 0) is 9.30 Å². The predicted molar refractivity (Wildman–Crippen MR) is 85.5 cm³/mol. The van der Waals surface area contributed by atoms with Crippen LogP contribution in [0.2, 0.25) is 0 Å². The lowest BCUT2D eigenvalue weighted by Gasteiger charge is -2.27. The van der Waals surface area contributed by atoms with Crippen LogP contribution in [-0.4, -0.2) is 13.0 Å². The van der Waals surface area contributed by atoms with E-state index in [0.29, 0.717) is 0 Å². The van der Waals surface area contributed by atoms with Crippen molar-refractivity contribution in [3.05, 3.63) is 60.7 Å². The minimum Gasteiger partial charge on any atom is -0.373 e. The van der Waals surface area contributed by atoms with Gasteiger partial charge in [0.05, 0.1) is 0 Å². The lowest BCUT2D eigenvalue weighted by atomic mass is 10.3. The van der Waals surface area contributed by atoms with Crippen molar-refractivity contribution in [1.29, 1.82) is 0 Å². The van der Waals surface area contributed by atoms with Crippen molar-refractivity contribution in [3.8, 4) is 0 Å². The predicted octanol–water partition coefficient (Wildman–Crippen LogP) is 3.77. The van der Waals surface area contributed by atoms with Gasteiger partial charge >= 0.3 is 0 Å². The van der Waals surface area contributed by atoms with Crippen LogP contribution in [0.4, 0.5) is 0 Å². The molecule has 0 spiro atoms. The van der Waals surface area contributed by atoms with Crippen molar-refractivity contribution in [2.45, 2.75) is 25.6 Å². The van der Waals surface area contributed by atoms with Gasteiger partial charge in [-0.05, 0) is 6.42 Å². The van der Waals surface area contributed by atoms with E-state index in [0.717, 1.165) is 23.5 Å². The molecule has 3 heteroatoms. The molecule has 0 amide bonds. The zero-order chi connectivity index (χ0) is 14.4. The highest BCUT2D eigenvalue weighted by Crippen LogP contribution is 2.50. The molecule has 0 aliphatic carbocycles. The Kier molecular flexibility index (Phi) is 5.17. The molecular formula is C17H21O2P. The van der Waals surface area contributed by atoms with Gasteiger partial charge in [0.25, 0.3) is 0 Å². The molecule has 0 N–H and O–H groups in total. The summed E-state index contributed by atoms with van der Waals surface area (Å²) in [6.45, 7) is 2.09. The first-order valence-electron chi connectivity index (χ1n) is 6.97. The van der Waals surface area contributed by atoms with Crippen LogP contribution in [0.25, 0.3) is 0 Å². The highest BCUT2D eigenvalue weighted by Gasteiger charge is 2.36. The van der Waals surface area contributed by atoms with E-state index in [1.165, 1.54) is 0 Å². The molecule has 20 heavy (non-hydrogen) atoms. The Morgan fingerprint density at radius 2 is 1.40 bits per heavy atom. The highest BCUT2D eigenvalue weighted by atomic mass is 31.2. The summed E-state index contributed by atoms with van der Waals surface area (Å²) in [6, 6.07) is 19.4. The third-order valence-corrected chi connectivity index (χ3v) is 6.90. The maximum absolute atomic E-state index is 13.8. The molecule has 0 saturated carbocycles. The molecule has 1 unspecified atom stereocenters. The summed E-state index contributed by atoms with van der Waals surface area (Å²) >= 11 is 0. The fraction of sp³-hybridized carbons (Fsp3) is 0.294. The lowest BCUT2D eigenvalue weighted by Crippen LogP contribution is -2.27. The largest absolute Gasteiger partial charge is 0.373 e. The normalized spacial score (nSPS) is 13.1. The lowest BCUT2D eigenvalue weighted by molar-refractivity contribution is 0.156. The van der Waals surface area contributed by atoms with Crippen LogP contribution >= 0.6 is 7.14 Å². The van der Waals surface area contributed by atoms with Gasteiger partial charge < -0.3 is 9.30 Å². The number of hydrogen-bond acceptors (Lipinski definition) is 2. The van der Waals surface area contributed by atoms with Gasteiger partial charge in [0.15, 0.2) is 7.14 Å². The van der Waals surface area contributed by atoms with Gasteiger partial charge in [-0.15, -0.1) is 0 Å². The summed E-state index contributed by atoms with van der Waals surface area (Å²) in [5, 5.41) is 1.73. The quantitative estimate of drug-likeness (QED) is 0.756. The molecule has 0 aromatic heterocycles. The number of methoxy groups -OCH3 is 1. The molecule has 0 radical (unpaired) electrons. The maximum Gasteiger partial charge on any atom is 0.170 e. The standard InChI is InChI=1S/C17H21O2P/c1-3-10-17(19-2)20(18,15-11-6-4-7-12-15)16-13-8-5-9-14-16/h4-9,11-14,17H,3,10H2,1-2H3. The van der Waals surface area contributed by atoms with Gasteiger partial charge in [-0.2, -0.15) is 0 Å². The molecule has 0 aliphatic rings. The summed E-state index contributed by atoms with van der Waals surface area (Å²) in [6.07, 6.45) is 1.74. The number of benzene rings is 2. The second-order valence-corrected chi connectivity index (χ2v) is 7.73. The molecular weight excluding hydrogens is 267 g/mol. The summed E-state index contributed by atoms with van der Waals surface area (Å²) in [4.78, 5) is 0. The molecule has 2 aromatic carbocycles. The fourth-order valence-corrected chi connectivity index (χ4v) is 5.59. The van der Waals surface area contributed by atoms with Gasteiger partial charge in [-0.3, -0.25) is 0 Å². The first kappa shape index (κ1) is 15.0. The van der Waals surface area contributed by atoms with Crippen LogP contribution in [0.15, 0.2) is 60.7 Å². The Hall–Kier alpha value is -1.37. The van der Waals surface area contributed by atoms with Crippen molar-refractivity contribution < 1.29 is 9.30 Å². The molecule has 106 valence electrons. The van der Waals surface area contributed by atoms with Gasteiger partial charge in [-0.25, -0.2) is 0 Å². The second-order valence-electron chi connectivity index (χ2n) is 4.81. The maximum atomic E-state index is 13.8. The zero-order valence-corrected chi connectivity index (χ0v) is 12.9. The molecule has 1 atom stereocenters. The highest BCUT2D eigenvalue weighted by molar-refractivity contribution is 7.79. The summed E-state index contributed by atoms with van der Waals surface area (Å²) in [7, 11) is -1.12. The van der Waals surface area contributed by atoms with E-state index in [2.05, 4.69) is 6.92 Å². The molecule has 2 nitrogen and oxygen atoms in total. The van der Waals surface area contributed by atoms with E-state index >= 15 is 0 Å².